The number of alkyl carbamates (subject to hydrolysis) is 1. The van der Waals surface area contributed by atoms with Crippen LogP contribution >= 0.6 is 0 Å². The third kappa shape index (κ3) is 9.08. The predicted molar refractivity (Wildman–Crippen MR) is 196 cm³/mol. The fourth-order valence-electron chi connectivity index (χ4n) is 6.31. The molecule has 1 saturated carbocycles. The minimum absolute atomic E-state index is 0.109. The lowest BCUT2D eigenvalue weighted by atomic mass is 9.76. The molecule has 2 aromatic carbocycles. The molecule has 2 atom stereocenters. The molecule has 1 unspecified atom stereocenters. The Hall–Kier alpha value is -4.98. The highest BCUT2D eigenvalue weighted by Crippen LogP contribution is 2.40. The maximum Gasteiger partial charge on any atom is 0.407 e. The van der Waals surface area contributed by atoms with Gasteiger partial charge in [-0.05, 0) is 77.1 Å². The number of carbonyl (C=O) groups excluding carboxylic acids is 1. The number of amides is 1. The normalized spacial score (nSPS) is 16.7. The average Bonchev–Trinajstić information content (AvgIpc) is 3.52. The van der Waals surface area contributed by atoms with Crippen LogP contribution < -0.4 is 33.9 Å². The molecule has 4 aromatic rings. The van der Waals surface area contributed by atoms with E-state index in [2.05, 4.69) is 17.1 Å². The van der Waals surface area contributed by atoms with E-state index in [1.54, 1.807) is 39.2 Å². The van der Waals surface area contributed by atoms with E-state index in [4.69, 9.17) is 43.5 Å². The Labute approximate surface area is 305 Å². The fourth-order valence-corrected chi connectivity index (χ4v) is 6.31. The van der Waals surface area contributed by atoms with Gasteiger partial charge in [0.05, 0.1) is 46.4 Å². The Balaban J connectivity index is 1.55. The van der Waals surface area contributed by atoms with Crippen LogP contribution in [0.3, 0.4) is 0 Å². The molecule has 0 aliphatic heterocycles. The van der Waals surface area contributed by atoms with Crippen LogP contribution in [-0.2, 0) is 17.8 Å². The van der Waals surface area contributed by atoms with E-state index >= 15 is 0 Å². The second-order valence-corrected chi connectivity index (χ2v) is 14.1. The standard InChI is InChI=1S/C38H52N6O8/c1-10-11-23(2)51-36-41-35(34-39-20-30(44(34)42-36)33(45)26-16-27(17-26)40-37(46)52-38(3,4)5)43(21-24-12-14-28(47-6)18-31(24)49-8)22-25-13-15-29(48-7)19-32(25)50-9/h12-15,18-20,23,26-27,33,45H,10-11,16-17,21-22H2,1-9H3,(H,40,46)/t23-,26-,27+,33?/m0/s1. The molecule has 0 saturated heterocycles. The molecular formula is C38H52N6O8. The quantitative estimate of drug-likeness (QED) is 0.134. The molecule has 14 nitrogen and oxygen atoms in total. The molecule has 0 spiro atoms. The molecular weight excluding hydrogens is 668 g/mol. The Bertz CT molecular complexity index is 1760. The van der Waals surface area contributed by atoms with E-state index in [9.17, 15) is 9.90 Å². The van der Waals surface area contributed by atoms with Gasteiger partial charge in [-0.3, -0.25) is 0 Å². The number of ether oxygens (including phenoxy) is 6. The lowest BCUT2D eigenvalue weighted by molar-refractivity contribution is 0.0207. The van der Waals surface area contributed by atoms with Crippen LogP contribution in [0.15, 0.2) is 42.6 Å². The van der Waals surface area contributed by atoms with Crippen LogP contribution in [0.5, 0.6) is 29.0 Å². The maximum atomic E-state index is 12.3. The van der Waals surface area contributed by atoms with Crippen LogP contribution in [0, 0.1) is 5.92 Å². The Morgan fingerprint density at radius 3 is 2.10 bits per heavy atom. The van der Waals surface area contributed by atoms with Gasteiger partial charge in [-0.2, -0.15) is 4.98 Å². The van der Waals surface area contributed by atoms with Gasteiger partial charge in [-0.15, -0.1) is 5.10 Å². The second-order valence-electron chi connectivity index (χ2n) is 14.1. The summed E-state index contributed by atoms with van der Waals surface area (Å²) in [5.41, 5.74) is 2.09. The number of aliphatic hydroxyl groups is 1. The van der Waals surface area contributed by atoms with E-state index in [1.807, 2.05) is 64.1 Å². The number of aliphatic hydroxyl groups excluding tert-OH is 1. The van der Waals surface area contributed by atoms with Gasteiger partial charge in [0, 0.05) is 42.4 Å². The molecule has 282 valence electrons. The number of hydrogen-bond donors (Lipinski definition) is 2. The summed E-state index contributed by atoms with van der Waals surface area (Å²) in [6, 6.07) is 11.4. The van der Waals surface area contributed by atoms with Crippen molar-refractivity contribution in [2.75, 3.05) is 33.3 Å². The number of carbonyl (C=O) groups is 1. The Morgan fingerprint density at radius 1 is 0.981 bits per heavy atom. The minimum atomic E-state index is -0.910. The van der Waals surface area contributed by atoms with Crippen molar-refractivity contribution in [3.63, 3.8) is 0 Å². The van der Waals surface area contributed by atoms with Gasteiger partial charge < -0.3 is 43.7 Å². The number of aromatic nitrogens is 4. The SMILES string of the molecule is CCC[C@H](C)Oc1nc(N(Cc2ccc(OC)cc2OC)Cc2ccc(OC)cc2OC)c2ncc(C(O)[C@H]3C[C@@H](NC(=O)OC(C)(C)C)C3)n2n1. The average molecular weight is 721 g/mol. The number of benzene rings is 2. The number of hydrogen-bond acceptors (Lipinski definition) is 12. The molecule has 2 aromatic heterocycles. The highest BCUT2D eigenvalue weighted by Gasteiger charge is 2.38. The largest absolute Gasteiger partial charge is 0.497 e. The number of nitrogens with zero attached hydrogens (tertiary/aromatic N) is 5. The summed E-state index contributed by atoms with van der Waals surface area (Å²) >= 11 is 0. The lowest BCUT2D eigenvalue weighted by Crippen LogP contribution is -2.47. The van der Waals surface area contributed by atoms with Crippen LogP contribution in [0.2, 0.25) is 0 Å². The monoisotopic (exact) mass is 720 g/mol. The zero-order chi connectivity index (χ0) is 37.6. The number of nitrogens with one attached hydrogen (secondary N) is 1. The van der Waals surface area contributed by atoms with Crippen molar-refractivity contribution in [3.8, 4) is 29.0 Å². The smallest absolute Gasteiger partial charge is 0.407 e. The minimum Gasteiger partial charge on any atom is -0.497 e. The molecule has 1 aliphatic rings. The van der Waals surface area contributed by atoms with E-state index in [0.717, 1.165) is 24.0 Å². The zero-order valence-electron chi connectivity index (χ0n) is 31.6. The molecule has 52 heavy (non-hydrogen) atoms. The summed E-state index contributed by atoms with van der Waals surface area (Å²) in [5.74, 6) is 2.97. The van der Waals surface area contributed by atoms with Gasteiger partial charge in [0.1, 0.15) is 34.7 Å². The third-order valence-corrected chi connectivity index (χ3v) is 9.01. The summed E-state index contributed by atoms with van der Waals surface area (Å²) in [6.45, 7) is 10.2. The van der Waals surface area contributed by atoms with E-state index in [0.29, 0.717) is 66.1 Å². The van der Waals surface area contributed by atoms with Gasteiger partial charge in [0.15, 0.2) is 11.5 Å². The van der Waals surface area contributed by atoms with E-state index in [-0.39, 0.29) is 24.1 Å². The molecule has 0 bridgehead atoms. The molecule has 14 heteroatoms. The van der Waals surface area contributed by atoms with Crippen molar-refractivity contribution in [3.05, 3.63) is 59.4 Å². The topological polar surface area (TPSA) is 151 Å². The number of imidazole rings is 1. The zero-order valence-corrected chi connectivity index (χ0v) is 31.6. The summed E-state index contributed by atoms with van der Waals surface area (Å²) in [4.78, 5) is 24.1. The molecule has 1 fully saturated rings. The summed E-state index contributed by atoms with van der Waals surface area (Å²) in [6.07, 6.45) is 2.97. The van der Waals surface area contributed by atoms with E-state index in [1.165, 1.54) is 0 Å². The van der Waals surface area contributed by atoms with Crippen LogP contribution in [0.4, 0.5) is 10.6 Å². The van der Waals surface area contributed by atoms with Crippen molar-refractivity contribution in [1.29, 1.82) is 0 Å². The summed E-state index contributed by atoms with van der Waals surface area (Å²) in [5, 5.41) is 19.3. The first-order valence-corrected chi connectivity index (χ1v) is 17.6. The van der Waals surface area contributed by atoms with Crippen molar-refractivity contribution < 1.29 is 38.3 Å². The highest BCUT2D eigenvalue weighted by molar-refractivity contribution is 5.68. The molecule has 1 amide bonds. The summed E-state index contributed by atoms with van der Waals surface area (Å²) < 4.78 is 35.8. The first-order chi connectivity index (χ1) is 24.9. The molecule has 2 N–H and O–H groups in total. The Morgan fingerprint density at radius 2 is 1.58 bits per heavy atom. The molecule has 0 radical (unpaired) electrons. The van der Waals surface area contributed by atoms with Gasteiger partial charge in [-0.1, -0.05) is 13.3 Å². The molecule has 1 aliphatic carbocycles. The van der Waals surface area contributed by atoms with Gasteiger partial charge in [-0.25, -0.2) is 14.3 Å². The van der Waals surface area contributed by atoms with Crippen molar-refractivity contribution in [2.24, 2.45) is 5.92 Å². The van der Waals surface area contributed by atoms with Crippen LogP contribution in [0.25, 0.3) is 5.65 Å². The van der Waals surface area contributed by atoms with E-state index < -0.39 is 17.8 Å². The summed E-state index contributed by atoms with van der Waals surface area (Å²) in [7, 11) is 6.47. The van der Waals surface area contributed by atoms with Crippen molar-refractivity contribution in [2.45, 2.75) is 97.2 Å². The van der Waals surface area contributed by atoms with Crippen LogP contribution in [0.1, 0.15) is 83.2 Å². The molecule has 2 heterocycles. The number of rotatable bonds is 16. The molecule has 5 rings (SSSR count). The first kappa shape index (κ1) is 38.3. The van der Waals surface area contributed by atoms with Gasteiger partial charge >= 0.3 is 12.1 Å². The van der Waals surface area contributed by atoms with Crippen molar-refractivity contribution in [1.82, 2.24) is 24.9 Å². The number of methoxy groups -OCH3 is 4. The second kappa shape index (κ2) is 16.6. The van der Waals surface area contributed by atoms with Gasteiger partial charge in [0.2, 0.25) is 0 Å². The lowest BCUT2D eigenvalue weighted by Gasteiger charge is -2.38. The van der Waals surface area contributed by atoms with Crippen LogP contribution in [-0.4, -0.2) is 77.0 Å². The number of fused-ring (bicyclic) bond motifs is 1. The van der Waals surface area contributed by atoms with Crippen molar-refractivity contribution >= 4 is 17.6 Å². The highest BCUT2D eigenvalue weighted by atomic mass is 16.6. The van der Waals surface area contributed by atoms with Gasteiger partial charge in [0.25, 0.3) is 0 Å². The fraction of sp³-hybridized carbons (Fsp3) is 0.526. The Kier molecular flexibility index (Phi) is 12.2. The first-order valence-electron chi connectivity index (χ1n) is 17.6. The maximum absolute atomic E-state index is 12.3. The number of anilines is 1. The third-order valence-electron chi connectivity index (χ3n) is 9.01. The predicted octanol–water partition coefficient (Wildman–Crippen LogP) is 6.27.